The Morgan fingerprint density at radius 3 is 2.86 bits per heavy atom. The van der Waals surface area contributed by atoms with E-state index >= 15 is 0 Å². The van der Waals surface area contributed by atoms with Gasteiger partial charge >= 0.3 is 0 Å². The number of aromatic nitrogens is 1. The molecule has 0 bridgehead atoms. The lowest BCUT2D eigenvalue weighted by atomic mass is 10.2. The minimum atomic E-state index is 0.782. The minimum Gasteiger partial charge on any atom is -0.384 e. The molecule has 2 nitrogen and oxygen atoms in total. The number of nitrogens with one attached hydrogen (secondary N) is 1. The van der Waals surface area contributed by atoms with E-state index in [1.807, 2.05) is 0 Å². The summed E-state index contributed by atoms with van der Waals surface area (Å²) in [6.45, 7) is 5.01. The van der Waals surface area contributed by atoms with Gasteiger partial charge in [0.2, 0.25) is 0 Å². The molecule has 1 rings (SSSR count). The van der Waals surface area contributed by atoms with Crippen molar-refractivity contribution < 1.29 is 4.74 Å². The van der Waals surface area contributed by atoms with E-state index in [9.17, 15) is 0 Å². The summed E-state index contributed by atoms with van der Waals surface area (Å²) >= 11 is 0. The quantitative estimate of drug-likeness (QED) is 0.763. The summed E-state index contributed by atoms with van der Waals surface area (Å²) in [5.41, 5.74) is 1.34. The molecule has 2 heteroatoms. The average Bonchev–Trinajstić information content (AvgIpc) is 2.58. The molecule has 0 fully saturated rings. The molecule has 0 saturated heterocycles. The van der Waals surface area contributed by atoms with Crippen molar-refractivity contribution in [1.82, 2.24) is 4.98 Å². The first-order chi connectivity index (χ1) is 6.83. The molecule has 0 spiro atoms. The maximum absolute atomic E-state index is 5.08. The predicted octanol–water partition coefficient (Wildman–Crippen LogP) is 1.19. The van der Waals surface area contributed by atoms with Crippen molar-refractivity contribution in [3.05, 3.63) is 22.3 Å². The van der Waals surface area contributed by atoms with Crippen LogP contribution in [-0.2, 0) is 11.2 Å². The molecule has 0 radical (unpaired) electrons. The summed E-state index contributed by atoms with van der Waals surface area (Å²) in [6.07, 6.45) is 8.49. The highest BCUT2D eigenvalue weighted by molar-refractivity contribution is 5.32. The van der Waals surface area contributed by atoms with Crippen LogP contribution < -0.4 is 10.6 Å². The third-order valence-corrected chi connectivity index (χ3v) is 2.31. The maximum Gasteiger partial charge on any atom is 0.0503 e. The molecule has 1 heterocycles. The van der Waals surface area contributed by atoms with Crippen LogP contribution in [0.2, 0.25) is 0 Å². The van der Waals surface area contributed by atoms with Crippen LogP contribution in [0.15, 0.2) is 6.20 Å². The SMILES string of the molecule is C/C=c1/c(CCOC)c[nH]/c1=C/CC. The molecule has 0 aliphatic rings. The normalized spacial score (nSPS) is 13.9. The Balaban J connectivity index is 3.03. The molecule has 0 amide bonds. The van der Waals surface area contributed by atoms with Crippen LogP contribution in [-0.4, -0.2) is 18.7 Å². The topological polar surface area (TPSA) is 25.0 Å². The molecule has 0 aliphatic carbocycles. The summed E-state index contributed by atoms with van der Waals surface area (Å²) in [7, 11) is 1.74. The molecular formula is C12H19NO. The third-order valence-electron chi connectivity index (χ3n) is 2.31. The van der Waals surface area contributed by atoms with E-state index in [1.165, 1.54) is 16.1 Å². The van der Waals surface area contributed by atoms with E-state index in [2.05, 4.69) is 37.2 Å². The van der Waals surface area contributed by atoms with E-state index in [0.717, 1.165) is 19.4 Å². The van der Waals surface area contributed by atoms with Crippen LogP contribution in [0.3, 0.4) is 0 Å². The van der Waals surface area contributed by atoms with E-state index < -0.39 is 0 Å². The zero-order valence-corrected chi connectivity index (χ0v) is 9.26. The molecule has 1 N–H and O–H groups in total. The van der Waals surface area contributed by atoms with E-state index in [1.54, 1.807) is 7.11 Å². The molecule has 78 valence electrons. The zero-order chi connectivity index (χ0) is 10.4. The monoisotopic (exact) mass is 193 g/mol. The number of rotatable bonds is 4. The second-order valence-electron chi connectivity index (χ2n) is 3.29. The summed E-state index contributed by atoms with van der Waals surface area (Å²) in [6, 6.07) is 0. The minimum absolute atomic E-state index is 0.782. The van der Waals surface area contributed by atoms with Gasteiger partial charge in [-0.1, -0.05) is 19.1 Å². The number of H-pyrrole nitrogens is 1. The van der Waals surface area contributed by atoms with Crippen molar-refractivity contribution in [1.29, 1.82) is 0 Å². The summed E-state index contributed by atoms with van der Waals surface area (Å²) in [5, 5.41) is 2.56. The van der Waals surface area contributed by atoms with Gasteiger partial charge in [0.1, 0.15) is 0 Å². The van der Waals surface area contributed by atoms with Crippen LogP contribution in [0, 0.1) is 0 Å². The second-order valence-corrected chi connectivity index (χ2v) is 3.29. The standard InChI is InChI=1S/C12H19NO/c1-4-6-12-11(5-2)10(9-13-12)7-8-14-3/h5-6,9,13H,4,7-8H2,1-3H3/b11-5-,12-6+. The van der Waals surface area contributed by atoms with Crippen LogP contribution >= 0.6 is 0 Å². The number of hydrogen-bond acceptors (Lipinski definition) is 1. The van der Waals surface area contributed by atoms with Gasteiger partial charge in [-0.3, -0.25) is 0 Å². The summed E-state index contributed by atoms with van der Waals surface area (Å²) in [4.78, 5) is 3.29. The van der Waals surface area contributed by atoms with Crippen LogP contribution in [0.1, 0.15) is 25.8 Å². The number of aromatic amines is 1. The average molecular weight is 193 g/mol. The Kier molecular flexibility index (Phi) is 4.47. The fraction of sp³-hybridized carbons (Fsp3) is 0.500. The fourth-order valence-corrected chi connectivity index (χ4v) is 1.63. The van der Waals surface area contributed by atoms with Crippen molar-refractivity contribution in [2.24, 2.45) is 0 Å². The third kappa shape index (κ3) is 2.48. The van der Waals surface area contributed by atoms with E-state index in [4.69, 9.17) is 4.74 Å². The zero-order valence-electron chi connectivity index (χ0n) is 9.26. The number of hydrogen-bond donors (Lipinski definition) is 1. The van der Waals surface area contributed by atoms with E-state index in [0.29, 0.717) is 0 Å². The van der Waals surface area contributed by atoms with Crippen molar-refractivity contribution in [3.8, 4) is 0 Å². The first kappa shape index (κ1) is 11.1. The molecule has 1 aromatic rings. The molecule has 0 unspecified atom stereocenters. The second kappa shape index (κ2) is 5.66. The number of ether oxygens (including phenoxy) is 1. The molecular weight excluding hydrogens is 174 g/mol. The first-order valence-electron chi connectivity index (χ1n) is 5.15. The highest BCUT2D eigenvalue weighted by Gasteiger charge is 1.97. The van der Waals surface area contributed by atoms with Crippen LogP contribution in [0.4, 0.5) is 0 Å². The Hall–Kier alpha value is -1.02. The van der Waals surface area contributed by atoms with Crippen molar-refractivity contribution in [3.63, 3.8) is 0 Å². The highest BCUT2D eigenvalue weighted by Crippen LogP contribution is 1.89. The van der Waals surface area contributed by atoms with Crippen LogP contribution in [0.5, 0.6) is 0 Å². The molecule has 0 saturated carbocycles. The van der Waals surface area contributed by atoms with Crippen molar-refractivity contribution >= 4 is 12.2 Å². The summed E-state index contributed by atoms with van der Waals surface area (Å²) < 4.78 is 5.08. The van der Waals surface area contributed by atoms with Gasteiger partial charge in [0.15, 0.2) is 0 Å². The number of methoxy groups -OCH3 is 1. The Labute approximate surface area is 85.3 Å². The van der Waals surface area contributed by atoms with Crippen LogP contribution in [0.25, 0.3) is 12.2 Å². The molecule has 14 heavy (non-hydrogen) atoms. The van der Waals surface area contributed by atoms with Gasteiger partial charge in [-0.2, -0.15) is 0 Å². The first-order valence-corrected chi connectivity index (χ1v) is 5.15. The lowest BCUT2D eigenvalue weighted by molar-refractivity contribution is 0.202. The molecule has 0 atom stereocenters. The van der Waals surface area contributed by atoms with Gasteiger partial charge in [-0.05, 0) is 30.5 Å². The van der Waals surface area contributed by atoms with Gasteiger partial charge in [0.25, 0.3) is 0 Å². The lowest BCUT2D eigenvalue weighted by Gasteiger charge is -1.95. The van der Waals surface area contributed by atoms with Gasteiger partial charge < -0.3 is 9.72 Å². The van der Waals surface area contributed by atoms with Gasteiger partial charge in [-0.25, -0.2) is 0 Å². The summed E-state index contributed by atoms with van der Waals surface area (Å²) in [5.74, 6) is 0. The van der Waals surface area contributed by atoms with Gasteiger partial charge in [0, 0.05) is 18.7 Å². The van der Waals surface area contributed by atoms with E-state index in [-0.39, 0.29) is 0 Å². The molecule has 1 aromatic heterocycles. The Morgan fingerprint density at radius 2 is 2.29 bits per heavy atom. The predicted molar refractivity (Wildman–Crippen MR) is 60.5 cm³/mol. The lowest BCUT2D eigenvalue weighted by Crippen LogP contribution is -2.25. The van der Waals surface area contributed by atoms with Crippen molar-refractivity contribution in [2.45, 2.75) is 26.7 Å². The fourth-order valence-electron chi connectivity index (χ4n) is 1.63. The largest absolute Gasteiger partial charge is 0.384 e. The highest BCUT2D eigenvalue weighted by atomic mass is 16.5. The maximum atomic E-state index is 5.08. The van der Waals surface area contributed by atoms with Gasteiger partial charge in [-0.15, -0.1) is 0 Å². The molecule has 0 aliphatic heterocycles. The van der Waals surface area contributed by atoms with Crippen molar-refractivity contribution in [2.75, 3.05) is 13.7 Å². The smallest absolute Gasteiger partial charge is 0.0503 e. The molecule has 0 aromatic carbocycles. The Morgan fingerprint density at radius 1 is 1.50 bits per heavy atom. The van der Waals surface area contributed by atoms with Gasteiger partial charge in [0.05, 0.1) is 6.61 Å². The Bertz CT molecular complexity index is 376.